The lowest BCUT2D eigenvalue weighted by molar-refractivity contribution is -0.122. The van der Waals surface area contributed by atoms with Gasteiger partial charge in [-0.3, -0.25) is 14.5 Å². The fourth-order valence-corrected chi connectivity index (χ4v) is 2.66. The minimum Gasteiger partial charge on any atom is -0.368 e. The fraction of sp³-hybridized carbons (Fsp3) is 0.467. The molecule has 0 bridgehead atoms. The van der Waals surface area contributed by atoms with E-state index in [0.717, 1.165) is 37.9 Å². The Morgan fingerprint density at radius 2 is 2.05 bits per heavy atom. The van der Waals surface area contributed by atoms with E-state index in [1.165, 1.54) is 0 Å². The zero-order chi connectivity index (χ0) is 14.5. The van der Waals surface area contributed by atoms with Crippen LogP contribution in [0.25, 0.3) is 0 Å². The second kappa shape index (κ2) is 6.52. The molecule has 0 spiro atoms. The molecule has 5 heteroatoms. The SMILES string of the molecule is CNC(=O)c1ccc(CCN2CCCC2C(N)=O)cc1. The van der Waals surface area contributed by atoms with E-state index in [0.29, 0.717) is 5.56 Å². The van der Waals surface area contributed by atoms with E-state index in [9.17, 15) is 9.59 Å². The van der Waals surface area contributed by atoms with E-state index >= 15 is 0 Å². The number of nitrogens with one attached hydrogen (secondary N) is 1. The van der Waals surface area contributed by atoms with Gasteiger partial charge in [-0.05, 0) is 43.5 Å². The Hall–Kier alpha value is -1.88. The average molecular weight is 275 g/mol. The van der Waals surface area contributed by atoms with Crippen molar-refractivity contribution < 1.29 is 9.59 Å². The van der Waals surface area contributed by atoms with Gasteiger partial charge in [0.15, 0.2) is 0 Å². The summed E-state index contributed by atoms with van der Waals surface area (Å²) >= 11 is 0. The minimum absolute atomic E-state index is 0.0788. The molecule has 1 unspecified atom stereocenters. The van der Waals surface area contributed by atoms with E-state index in [1.807, 2.05) is 24.3 Å². The first kappa shape index (κ1) is 14.5. The van der Waals surface area contributed by atoms with E-state index in [2.05, 4.69) is 10.2 Å². The third-order valence-electron chi connectivity index (χ3n) is 3.82. The summed E-state index contributed by atoms with van der Waals surface area (Å²) in [5.74, 6) is -0.303. The highest BCUT2D eigenvalue weighted by molar-refractivity contribution is 5.93. The van der Waals surface area contributed by atoms with Gasteiger partial charge < -0.3 is 11.1 Å². The van der Waals surface area contributed by atoms with Crippen molar-refractivity contribution in [2.45, 2.75) is 25.3 Å². The van der Waals surface area contributed by atoms with E-state index in [4.69, 9.17) is 5.73 Å². The maximum atomic E-state index is 11.4. The van der Waals surface area contributed by atoms with Gasteiger partial charge >= 0.3 is 0 Å². The molecule has 2 rings (SSSR count). The summed E-state index contributed by atoms with van der Waals surface area (Å²) in [4.78, 5) is 24.9. The van der Waals surface area contributed by atoms with Gasteiger partial charge in [-0.1, -0.05) is 12.1 Å². The number of carbonyl (C=O) groups excluding carboxylic acids is 2. The predicted molar refractivity (Wildman–Crippen MR) is 77.3 cm³/mol. The van der Waals surface area contributed by atoms with Crippen molar-refractivity contribution in [3.05, 3.63) is 35.4 Å². The molecule has 0 saturated carbocycles. The molecule has 1 aromatic rings. The minimum atomic E-state index is -0.225. The second-order valence-corrected chi connectivity index (χ2v) is 5.12. The van der Waals surface area contributed by atoms with Crippen molar-refractivity contribution in [3.8, 4) is 0 Å². The fourth-order valence-electron chi connectivity index (χ4n) is 2.66. The number of hydrogen-bond donors (Lipinski definition) is 2. The Kier molecular flexibility index (Phi) is 4.74. The largest absolute Gasteiger partial charge is 0.368 e. The molecule has 1 heterocycles. The van der Waals surface area contributed by atoms with Crippen LogP contribution in [-0.4, -0.2) is 42.9 Å². The van der Waals surface area contributed by atoms with Gasteiger partial charge in [-0.2, -0.15) is 0 Å². The van der Waals surface area contributed by atoms with Crippen LogP contribution in [0.15, 0.2) is 24.3 Å². The quantitative estimate of drug-likeness (QED) is 0.823. The summed E-state index contributed by atoms with van der Waals surface area (Å²) in [6.45, 7) is 1.76. The van der Waals surface area contributed by atoms with E-state index in [1.54, 1.807) is 7.05 Å². The molecule has 1 aliphatic rings. The summed E-state index contributed by atoms with van der Waals surface area (Å²) in [5, 5.41) is 2.60. The number of carbonyl (C=O) groups is 2. The second-order valence-electron chi connectivity index (χ2n) is 5.12. The van der Waals surface area contributed by atoms with Gasteiger partial charge in [0.05, 0.1) is 6.04 Å². The van der Waals surface area contributed by atoms with Gasteiger partial charge in [0, 0.05) is 19.2 Å². The molecule has 108 valence electrons. The van der Waals surface area contributed by atoms with Crippen LogP contribution in [-0.2, 0) is 11.2 Å². The third kappa shape index (κ3) is 3.36. The van der Waals surface area contributed by atoms with Gasteiger partial charge in [0.2, 0.25) is 5.91 Å². The standard InChI is InChI=1S/C15H21N3O2/c1-17-15(20)12-6-4-11(5-7-12)8-10-18-9-2-3-13(18)14(16)19/h4-7,13H,2-3,8-10H2,1H3,(H2,16,19)(H,17,20). The van der Waals surface area contributed by atoms with Crippen LogP contribution < -0.4 is 11.1 Å². The highest BCUT2D eigenvalue weighted by Crippen LogP contribution is 2.17. The zero-order valence-electron chi connectivity index (χ0n) is 11.8. The highest BCUT2D eigenvalue weighted by atomic mass is 16.2. The summed E-state index contributed by atoms with van der Waals surface area (Å²) in [6.07, 6.45) is 2.76. The van der Waals surface area contributed by atoms with E-state index < -0.39 is 0 Å². The average Bonchev–Trinajstić information content (AvgIpc) is 2.93. The molecule has 0 aromatic heterocycles. The number of nitrogens with two attached hydrogens (primary N) is 1. The normalized spacial score (nSPS) is 18.9. The number of benzene rings is 1. The summed E-state index contributed by atoms with van der Waals surface area (Å²) in [6, 6.07) is 7.45. The predicted octanol–water partition coefficient (Wildman–Crippen LogP) is 0.538. The van der Waals surface area contributed by atoms with Gasteiger partial charge in [0.25, 0.3) is 5.91 Å². The zero-order valence-corrected chi connectivity index (χ0v) is 11.8. The lowest BCUT2D eigenvalue weighted by Crippen LogP contribution is -2.41. The Balaban J connectivity index is 1.91. The first-order valence-electron chi connectivity index (χ1n) is 6.96. The van der Waals surface area contributed by atoms with Gasteiger partial charge in [-0.25, -0.2) is 0 Å². The first-order valence-corrected chi connectivity index (χ1v) is 6.96. The van der Waals surface area contributed by atoms with Crippen molar-refractivity contribution in [2.75, 3.05) is 20.1 Å². The van der Waals surface area contributed by atoms with Crippen molar-refractivity contribution in [1.29, 1.82) is 0 Å². The monoisotopic (exact) mass is 275 g/mol. The highest BCUT2D eigenvalue weighted by Gasteiger charge is 2.28. The molecule has 5 nitrogen and oxygen atoms in total. The van der Waals surface area contributed by atoms with E-state index in [-0.39, 0.29) is 17.9 Å². The van der Waals surface area contributed by atoms with Crippen molar-refractivity contribution >= 4 is 11.8 Å². The molecular weight excluding hydrogens is 254 g/mol. The molecule has 1 fully saturated rings. The number of likely N-dealkylation sites (tertiary alicyclic amines) is 1. The van der Waals surface area contributed by atoms with Gasteiger partial charge in [-0.15, -0.1) is 0 Å². The molecular formula is C15H21N3O2. The topological polar surface area (TPSA) is 75.4 Å². The number of amides is 2. The first-order chi connectivity index (χ1) is 9.61. The smallest absolute Gasteiger partial charge is 0.251 e. The molecule has 1 atom stereocenters. The van der Waals surface area contributed by atoms with Crippen LogP contribution in [0.2, 0.25) is 0 Å². The molecule has 1 saturated heterocycles. The molecule has 20 heavy (non-hydrogen) atoms. The molecule has 1 aromatic carbocycles. The summed E-state index contributed by atoms with van der Waals surface area (Å²) in [7, 11) is 1.62. The van der Waals surface area contributed by atoms with Gasteiger partial charge in [0.1, 0.15) is 0 Å². The maximum Gasteiger partial charge on any atom is 0.251 e. The van der Waals surface area contributed by atoms with Crippen LogP contribution >= 0.6 is 0 Å². The Morgan fingerprint density at radius 1 is 1.35 bits per heavy atom. The maximum absolute atomic E-state index is 11.4. The number of hydrogen-bond acceptors (Lipinski definition) is 3. The third-order valence-corrected chi connectivity index (χ3v) is 3.82. The molecule has 0 aliphatic carbocycles. The summed E-state index contributed by atoms with van der Waals surface area (Å²) in [5.41, 5.74) is 7.22. The van der Waals surface area contributed by atoms with Crippen molar-refractivity contribution in [1.82, 2.24) is 10.2 Å². The Labute approximate surface area is 119 Å². The van der Waals surface area contributed by atoms with Crippen molar-refractivity contribution in [3.63, 3.8) is 0 Å². The summed E-state index contributed by atoms with van der Waals surface area (Å²) < 4.78 is 0. The number of primary amides is 1. The lowest BCUT2D eigenvalue weighted by atomic mass is 10.1. The Bertz CT molecular complexity index is 484. The van der Waals surface area contributed by atoms with Crippen LogP contribution in [0.3, 0.4) is 0 Å². The van der Waals surface area contributed by atoms with Crippen LogP contribution in [0.1, 0.15) is 28.8 Å². The number of rotatable bonds is 5. The van der Waals surface area contributed by atoms with Crippen LogP contribution in [0.4, 0.5) is 0 Å². The molecule has 1 aliphatic heterocycles. The molecule has 0 radical (unpaired) electrons. The number of nitrogens with zero attached hydrogens (tertiary/aromatic N) is 1. The van der Waals surface area contributed by atoms with Crippen LogP contribution in [0, 0.1) is 0 Å². The Morgan fingerprint density at radius 3 is 2.65 bits per heavy atom. The molecule has 3 N–H and O–H groups in total. The van der Waals surface area contributed by atoms with Crippen LogP contribution in [0.5, 0.6) is 0 Å². The molecule has 2 amide bonds. The van der Waals surface area contributed by atoms with Crippen molar-refractivity contribution in [2.24, 2.45) is 5.73 Å². The lowest BCUT2D eigenvalue weighted by Gasteiger charge is -2.21.